The molecule has 0 N–H and O–H groups in total. The van der Waals surface area contributed by atoms with Gasteiger partial charge in [-0.05, 0) is 17.7 Å². The summed E-state index contributed by atoms with van der Waals surface area (Å²) >= 11 is 0. The van der Waals surface area contributed by atoms with E-state index >= 15 is 0 Å². The highest BCUT2D eigenvalue weighted by atomic mass is 16.5. The maximum Gasteiger partial charge on any atom is 0.330 e. The Balaban J connectivity index is 2.56. The van der Waals surface area contributed by atoms with Gasteiger partial charge in [-0.3, -0.25) is 0 Å². The number of hydrogen-bond donors (Lipinski definition) is 0. The Kier molecular flexibility index (Phi) is 4.86. The smallest absolute Gasteiger partial charge is 0.330 e. The first-order valence-corrected chi connectivity index (χ1v) is 4.83. The van der Waals surface area contributed by atoms with Gasteiger partial charge in [0.25, 0.3) is 0 Å². The number of esters is 1. The van der Waals surface area contributed by atoms with E-state index in [0.29, 0.717) is 0 Å². The van der Waals surface area contributed by atoms with Crippen LogP contribution >= 0.6 is 0 Å². The first-order valence-electron chi connectivity index (χ1n) is 4.83. The van der Waals surface area contributed by atoms with Gasteiger partial charge < -0.3 is 9.47 Å². The Morgan fingerprint density at radius 2 is 1.81 bits per heavy atom. The van der Waals surface area contributed by atoms with Gasteiger partial charge in [0.05, 0.1) is 14.2 Å². The Hall–Kier alpha value is -2.03. The average Bonchev–Trinajstić information content (AvgIpc) is 2.35. The minimum atomic E-state index is -0.362. The van der Waals surface area contributed by atoms with Crippen molar-refractivity contribution in [2.75, 3.05) is 14.2 Å². The zero-order valence-electron chi connectivity index (χ0n) is 9.34. The van der Waals surface area contributed by atoms with E-state index in [0.717, 1.165) is 11.3 Å². The minimum absolute atomic E-state index is 0.362. The highest BCUT2D eigenvalue weighted by Gasteiger charge is 1.89. The third-order valence-electron chi connectivity index (χ3n) is 1.95. The lowest BCUT2D eigenvalue weighted by Crippen LogP contribution is -1.92. The van der Waals surface area contributed by atoms with Crippen LogP contribution in [0.15, 0.2) is 42.5 Å². The van der Waals surface area contributed by atoms with Crippen molar-refractivity contribution in [3.63, 3.8) is 0 Å². The fraction of sp³-hybridized carbons (Fsp3) is 0.154. The van der Waals surface area contributed by atoms with Gasteiger partial charge in [0.2, 0.25) is 0 Å². The molecule has 0 radical (unpaired) electrons. The lowest BCUT2D eigenvalue weighted by Gasteiger charge is -1.98. The van der Waals surface area contributed by atoms with E-state index < -0.39 is 0 Å². The molecule has 0 amide bonds. The van der Waals surface area contributed by atoms with Crippen LogP contribution in [0.25, 0.3) is 6.08 Å². The second kappa shape index (κ2) is 6.45. The summed E-state index contributed by atoms with van der Waals surface area (Å²) in [7, 11) is 2.98. The van der Waals surface area contributed by atoms with E-state index in [-0.39, 0.29) is 5.97 Å². The molecule has 0 heterocycles. The third kappa shape index (κ3) is 4.00. The van der Waals surface area contributed by atoms with Crippen molar-refractivity contribution in [1.82, 2.24) is 0 Å². The molecule has 3 heteroatoms. The van der Waals surface area contributed by atoms with Gasteiger partial charge >= 0.3 is 5.97 Å². The number of methoxy groups -OCH3 is 2. The Bertz CT molecular complexity index is 388. The van der Waals surface area contributed by atoms with Crippen molar-refractivity contribution < 1.29 is 14.3 Å². The van der Waals surface area contributed by atoms with Crippen LogP contribution in [0.3, 0.4) is 0 Å². The maximum atomic E-state index is 10.7. The van der Waals surface area contributed by atoms with Gasteiger partial charge in [-0.25, -0.2) is 4.79 Å². The van der Waals surface area contributed by atoms with Crippen LogP contribution in [0.5, 0.6) is 5.75 Å². The lowest BCUT2D eigenvalue weighted by molar-refractivity contribution is -0.134. The standard InChI is InChI=1S/C13H14O3/c1-15-12-9-7-11(8-10-12)5-3-4-6-13(14)16-2/h3-10H,1-2H3/b5-3-,6-4+. The van der Waals surface area contributed by atoms with Crippen LogP contribution in [0.4, 0.5) is 0 Å². The summed E-state index contributed by atoms with van der Waals surface area (Å²) in [6.45, 7) is 0. The molecule has 0 aromatic heterocycles. The SMILES string of the molecule is COC(=O)/C=C/C=C\c1ccc(OC)cc1. The molecule has 0 spiro atoms. The van der Waals surface area contributed by atoms with Gasteiger partial charge in [-0.2, -0.15) is 0 Å². The van der Waals surface area contributed by atoms with Crippen LogP contribution in [0.1, 0.15) is 5.56 Å². The summed E-state index contributed by atoms with van der Waals surface area (Å²) in [5, 5.41) is 0. The van der Waals surface area contributed by atoms with Gasteiger partial charge in [-0.15, -0.1) is 0 Å². The van der Waals surface area contributed by atoms with Crippen molar-refractivity contribution in [1.29, 1.82) is 0 Å². The van der Waals surface area contributed by atoms with E-state index in [1.807, 2.05) is 30.3 Å². The van der Waals surface area contributed by atoms with Crippen molar-refractivity contribution >= 4 is 12.0 Å². The highest BCUT2D eigenvalue weighted by Crippen LogP contribution is 2.12. The highest BCUT2D eigenvalue weighted by molar-refractivity contribution is 5.82. The number of rotatable bonds is 4. The molecule has 84 valence electrons. The fourth-order valence-corrected chi connectivity index (χ4v) is 1.08. The molecule has 0 fully saturated rings. The molecule has 1 aromatic carbocycles. The first kappa shape index (κ1) is 12.0. The van der Waals surface area contributed by atoms with E-state index in [2.05, 4.69) is 4.74 Å². The quantitative estimate of drug-likeness (QED) is 0.442. The van der Waals surface area contributed by atoms with E-state index in [4.69, 9.17) is 4.74 Å². The van der Waals surface area contributed by atoms with Crippen LogP contribution in [0, 0.1) is 0 Å². The average molecular weight is 218 g/mol. The van der Waals surface area contributed by atoms with Crippen molar-refractivity contribution in [2.24, 2.45) is 0 Å². The Morgan fingerprint density at radius 3 is 2.38 bits per heavy atom. The molecule has 0 aliphatic heterocycles. The molecular formula is C13H14O3. The minimum Gasteiger partial charge on any atom is -0.497 e. The summed E-state index contributed by atoms with van der Waals surface area (Å²) in [6, 6.07) is 7.62. The maximum absolute atomic E-state index is 10.7. The second-order valence-electron chi connectivity index (χ2n) is 3.01. The normalized spacial score (nSPS) is 10.9. The van der Waals surface area contributed by atoms with Gasteiger partial charge in [-0.1, -0.05) is 30.4 Å². The van der Waals surface area contributed by atoms with Crippen LogP contribution < -0.4 is 4.74 Å². The van der Waals surface area contributed by atoms with E-state index in [1.54, 1.807) is 19.3 Å². The van der Waals surface area contributed by atoms with Crippen LogP contribution in [-0.2, 0) is 9.53 Å². The van der Waals surface area contributed by atoms with Crippen molar-refractivity contribution in [2.45, 2.75) is 0 Å². The molecule has 1 aromatic rings. The number of carbonyl (C=O) groups excluding carboxylic acids is 1. The van der Waals surface area contributed by atoms with Gasteiger partial charge in [0.15, 0.2) is 0 Å². The predicted octanol–water partition coefficient (Wildman–Crippen LogP) is 2.44. The molecule has 0 bridgehead atoms. The summed E-state index contributed by atoms with van der Waals surface area (Å²) in [6.07, 6.45) is 6.66. The largest absolute Gasteiger partial charge is 0.497 e. The van der Waals surface area contributed by atoms with E-state index in [1.165, 1.54) is 13.2 Å². The van der Waals surface area contributed by atoms with Crippen molar-refractivity contribution in [3.05, 3.63) is 48.1 Å². The number of allylic oxidation sites excluding steroid dienone is 2. The molecule has 16 heavy (non-hydrogen) atoms. The molecule has 0 aliphatic carbocycles. The Labute approximate surface area is 95.0 Å². The molecule has 1 rings (SSSR count). The second-order valence-corrected chi connectivity index (χ2v) is 3.01. The number of hydrogen-bond acceptors (Lipinski definition) is 3. The molecule has 0 unspecified atom stereocenters. The number of carbonyl (C=O) groups is 1. The first-order chi connectivity index (χ1) is 7.76. The number of ether oxygens (including phenoxy) is 2. The molecule has 0 aliphatic rings. The summed E-state index contributed by atoms with van der Waals surface area (Å²) in [4.78, 5) is 10.7. The zero-order valence-corrected chi connectivity index (χ0v) is 9.34. The molecule has 0 saturated carbocycles. The number of benzene rings is 1. The fourth-order valence-electron chi connectivity index (χ4n) is 1.08. The van der Waals surface area contributed by atoms with Gasteiger partial charge in [0, 0.05) is 6.08 Å². The topological polar surface area (TPSA) is 35.5 Å². The third-order valence-corrected chi connectivity index (χ3v) is 1.95. The summed E-state index contributed by atoms with van der Waals surface area (Å²) in [5.74, 6) is 0.460. The summed E-state index contributed by atoms with van der Waals surface area (Å²) in [5.41, 5.74) is 1.04. The van der Waals surface area contributed by atoms with Crippen LogP contribution in [-0.4, -0.2) is 20.2 Å². The molecular weight excluding hydrogens is 204 g/mol. The lowest BCUT2D eigenvalue weighted by atomic mass is 10.2. The summed E-state index contributed by atoms with van der Waals surface area (Å²) < 4.78 is 9.50. The molecule has 3 nitrogen and oxygen atoms in total. The molecule has 0 saturated heterocycles. The monoisotopic (exact) mass is 218 g/mol. The zero-order chi connectivity index (χ0) is 11.8. The van der Waals surface area contributed by atoms with E-state index in [9.17, 15) is 4.79 Å². The predicted molar refractivity (Wildman–Crippen MR) is 63.2 cm³/mol. The Morgan fingerprint density at radius 1 is 1.12 bits per heavy atom. The van der Waals surface area contributed by atoms with Gasteiger partial charge in [0.1, 0.15) is 5.75 Å². The molecule has 0 atom stereocenters. The van der Waals surface area contributed by atoms with Crippen molar-refractivity contribution in [3.8, 4) is 5.75 Å². The van der Waals surface area contributed by atoms with Crippen LogP contribution in [0.2, 0.25) is 0 Å².